The summed E-state index contributed by atoms with van der Waals surface area (Å²) in [4.78, 5) is 2.40. The molecule has 2 nitrogen and oxygen atoms in total. The quantitative estimate of drug-likeness (QED) is 0.718. The Labute approximate surface area is 85.8 Å². The molecule has 0 spiro atoms. The van der Waals surface area contributed by atoms with E-state index in [1.165, 1.54) is 0 Å². The standard InChI is InChI=1S/C7H16Br2N2/c8-2-6-11(7-3-9)5-1-4-10/h1-7,10H2. The Morgan fingerprint density at radius 1 is 1.00 bits per heavy atom. The lowest BCUT2D eigenvalue weighted by molar-refractivity contribution is 0.308. The molecular weight excluding hydrogens is 272 g/mol. The highest BCUT2D eigenvalue weighted by molar-refractivity contribution is 9.09. The van der Waals surface area contributed by atoms with E-state index in [4.69, 9.17) is 5.73 Å². The number of nitrogens with two attached hydrogens (primary N) is 1. The van der Waals surface area contributed by atoms with Crippen LogP contribution in [-0.2, 0) is 0 Å². The summed E-state index contributed by atoms with van der Waals surface area (Å²) in [5.74, 6) is 0. The van der Waals surface area contributed by atoms with Crippen LogP contribution in [0.25, 0.3) is 0 Å². The summed E-state index contributed by atoms with van der Waals surface area (Å²) in [7, 11) is 0. The fraction of sp³-hybridized carbons (Fsp3) is 1.00. The molecule has 0 aliphatic carbocycles. The van der Waals surface area contributed by atoms with E-state index in [1.807, 2.05) is 0 Å². The van der Waals surface area contributed by atoms with E-state index in [1.54, 1.807) is 0 Å². The van der Waals surface area contributed by atoms with E-state index in [0.717, 1.165) is 43.3 Å². The van der Waals surface area contributed by atoms with E-state index in [-0.39, 0.29) is 0 Å². The summed E-state index contributed by atoms with van der Waals surface area (Å²) in [6.45, 7) is 4.14. The molecule has 0 aromatic heterocycles. The molecule has 0 heterocycles. The fourth-order valence-corrected chi connectivity index (χ4v) is 1.89. The van der Waals surface area contributed by atoms with Crippen LogP contribution in [0.1, 0.15) is 6.42 Å². The van der Waals surface area contributed by atoms with Crippen LogP contribution in [0.4, 0.5) is 0 Å². The third-order valence-corrected chi connectivity index (χ3v) is 2.19. The van der Waals surface area contributed by atoms with Crippen LogP contribution >= 0.6 is 31.9 Å². The molecule has 0 saturated heterocycles. The highest BCUT2D eigenvalue weighted by atomic mass is 79.9. The van der Waals surface area contributed by atoms with Crippen molar-refractivity contribution in [1.82, 2.24) is 4.90 Å². The van der Waals surface area contributed by atoms with Crippen LogP contribution in [0.3, 0.4) is 0 Å². The first-order valence-electron chi connectivity index (χ1n) is 3.89. The first-order valence-corrected chi connectivity index (χ1v) is 6.13. The predicted octanol–water partition coefficient (Wildman–Crippen LogP) is 1.43. The first-order chi connectivity index (χ1) is 5.35. The Kier molecular flexibility index (Phi) is 9.69. The van der Waals surface area contributed by atoms with E-state index in [2.05, 4.69) is 36.8 Å². The molecule has 0 saturated carbocycles. The van der Waals surface area contributed by atoms with Gasteiger partial charge in [-0.2, -0.15) is 0 Å². The summed E-state index contributed by atoms with van der Waals surface area (Å²) < 4.78 is 0. The maximum Gasteiger partial charge on any atom is 0.0159 e. The maximum absolute atomic E-state index is 5.42. The smallest absolute Gasteiger partial charge is 0.0159 e. The van der Waals surface area contributed by atoms with Crippen LogP contribution in [0.5, 0.6) is 0 Å². The second-order valence-corrected chi connectivity index (χ2v) is 3.95. The molecule has 4 heteroatoms. The molecular formula is C7H16Br2N2. The van der Waals surface area contributed by atoms with Crippen molar-refractivity contribution in [3.63, 3.8) is 0 Å². The largest absolute Gasteiger partial charge is 0.330 e. The zero-order chi connectivity index (χ0) is 8.53. The molecule has 0 unspecified atom stereocenters. The number of hydrogen-bond donors (Lipinski definition) is 1. The van der Waals surface area contributed by atoms with Gasteiger partial charge < -0.3 is 10.6 Å². The van der Waals surface area contributed by atoms with Crippen LogP contribution in [-0.4, -0.2) is 41.7 Å². The Hall–Kier alpha value is 0.880. The van der Waals surface area contributed by atoms with Gasteiger partial charge >= 0.3 is 0 Å². The lowest BCUT2D eigenvalue weighted by Crippen LogP contribution is -2.29. The number of nitrogens with zero attached hydrogens (tertiary/aromatic N) is 1. The van der Waals surface area contributed by atoms with Crippen LogP contribution < -0.4 is 5.73 Å². The van der Waals surface area contributed by atoms with Gasteiger partial charge in [0.05, 0.1) is 0 Å². The van der Waals surface area contributed by atoms with Gasteiger partial charge in [-0.05, 0) is 19.5 Å². The second kappa shape index (κ2) is 8.97. The molecule has 11 heavy (non-hydrogen) atoms. The SMILES string of the molecule is NCCCN(CCBr)CCBr. The Bertz CT molecular complexity index is 74.8. The van der Waals surface area contributed by atoms with E-state index in [0.29, 0.717) is 0 Å². The number of halogens is 2. The van der Waals surface area contributed by atoms with Crippen molar-refractivity contribution in [3.8, 4) is 0 Å². The summed E-state index contributed by atoms with van der Waals surface area (Å²) >= 11 is 6.85. The third kappa shape index (κ3) is 7.25. The zero-order valence-electron chi connectivity index (χ0n) is 6.73. The summed E-state index contributed by atoms with van der Waals surface area (Å²) in [6.07, 6.45) is 1.10. The van der Waals surface area contributed by atoms with Crippen LogP contribution in [0.15, 0.2) is 0 Å². The number of rotatable bonds is 7. The van der Waals surface area contributed by atoms with Crippen molar-refractivity contribution in [2.45, 2.75) is 6.42 Å². The Balaban J connectivity index is 3.34. The van der Waals surface area contributed by atoms with Gasteiger partial charge in [0.1, 0.15) is 0 Å². The van der Waals surface area contributed by atoms with Crippen LogP contribution in [0, 0.1) is 0 Å². The van der Waals surface area contributed by atoms with Crippen molar-refractivity contribution in [1.29, 1.82) is 0 Å². The van der Waals surface area contributed by atoms with Crippen molar-refractivity contribution >= 4 is 31.9 Å². The summed E-state index contributed by atoms with van der Waals surface area (Å²) in [5.41, 5.74) is 5.42. The first kappa shape index (κ1) is 11.9. The summed E-state index contributed by atoms with van der Waals surface area (Å²) in [5, 5.41) is 2.09. The zero-order valence-corrected chi connectivity index (χ0v) is 9.90. The average molecular weight is 288 g/mol. The topological polar surface area (TPSA) is 29.3 Å². The van der Waals surface area contributed by atoms with Gasteiger partial charge in [-0.15, -0.1) is 0 Å². The number of alkyl halides is 2. The molecule has 0 fully saturated rings. The minimum Gasteiger partial charge on any atom is -0.330 e. The highest BCUT2D eigenvalue weighted by Crippen LogP contribution is 1.94. The Morgan fingerprint density at radius 3 is 1.91 bits per heavy atom. The molecule has 0 bridgehead atoms. The monoisotopic (exact) mass is 286 g/mol. The second-order valence-electron chi connectivity index (χ2n) is 2.36. The van der Waals surface area contributed by atoms with Crippen molar-refractivity contribution in [2.24, 2.45) is 5.73 Å². The Morgan fingerprint density at radius 2 is 1.55 bits per heavy atom. The predicted molar refractivity (Wildman–Crippen MR) is 57.7 cm³/mol. The highest BCUT2D eigenvalue weighted by Gasteiger charge is 2.00. The molecule has 0 atom stereocenters. The van der Waals surface area contributed by atoms with Gasteiger partial charge in [-0.25, -0.2) is 0 Å². The average Bonchev–Trinajstić information content (AvgIpc) is 2.01. The lowest BCUT2D eigenvalue weighted by Gasteiger charge is -2.19. The molecule has 0 aliphatic rings. The molecule has 68 valence electrons. The summed E-state index contributed by atoms with van der Waals surface area (Å²) in [6, 6.07) is 0. The van der Waals surface area contributed by atoms with E-state index < -0.39 is 0 Å². The van der Waals surface area contributed by atoms with Crippen molar-refractivity contribution < 1.29 is 0 Å². The van der Waals surface area contributed by atoms with Gasteiger partial charge in [0.2, 0.25) is 0 Å². The minimum absolute atomic E-state index is 0.793. The van der Waals surface area contributed by atoms with E-state index in [9.17, 15) is 0 Å². The molecule has 0 radical (unpaired) electrons. The van der Waals surface area contributed by atoms with Crippen molar-refractivity contribution in [3.05, 3.63) is 0 Å². The normalized spacial score (nSPS) is 10.9. The lowest BCUT2D eigenvalue weighted by atomic mass is 10.4. The van der Waals surface area contributed by atoms with Crippen LogP contribution in [0.2, 0.25) is 0 Å². The van der Waals surface area contributed by atoms with E-state index >= 15 is 0 Å². The van der Waals surface area contributed by atoms with Gasteiger partial charge in [0, 0.05) is 23.7 Å². The third-order valence-electron chi connectivity index (χ3n) is 1.48. The van der Waals surface area contributed by atoms with Gasteiger partial charge in [-0.3, -0.25) is 0 Å². The molecule has 0 aliphatic heterocycles. The molecule has 2 N–H and O–H groups in total. The number of hydrogen-bond acceptors (Lipinski definition) is 2. The fourth-order valence-electron chi connectivity index (χ4n) is 0.889. The molecule has 0 aromatic carbocycles. The van der Waals surface area contributed by atoms with Gasteiger partial charge in [0.15, 0.2) is 0 Å². The minimum atomic E-state index is 0.793. The maximum atomic E-state index is 5.42. The molecule has 0 rings (SSSR count). The van der Waals surface area contributed by atoms with Gasteiger partial charge in [-0.1, -0.05) is 31.9 Å². The molecule has 0 aromatic rings. The van der Waals surface area contributed by atoms with Crippen molar-refractivity contribution in [2.75, 3.05) is 36.8 Å². The molecule has 0 amide bonds. The van der Waals surface area contributed by atoms with Gasteiger partial charge in [0.25, 0.3) is 0 Å².